The zero-order valence-corrected chi connectivity index (χ0v) is 11.0. The summed E-state index contributed by atoms with van der Waals surface area (Å²) in [6.45, 7) is 4.40. The topological polar surface area (TPSA) is 24.1 Å². The maximum absolute atomic E-state index is 9.92. The molecule has 0 atom stereocenters. The number of benzene rings is 1. The highest BCUT2D eigenvalue weighted by molar-refractivity contribution is 5.62. The van der Waals surface area contributed by atoms with E-state index in [1.807, 2.05) is 53.2 Å². The first kappa shape index (κ1) is 13.5. The molecule has 0 spiro atoms. The summed E-state index contributed by atoms with van der Waals surface area (Å²) in [5.74, 6) is 0.288. The quantitative estimate of drug-likeness (QED) is 0.601. The molecule has 0 saturated carbocycles. The average molecular weight is 292 g/mol. The SMILES string of the molecule is C=CC[n+]1cccc(O)c1-c1ccccc1.[Br-]. The summed E-state index contributed by atoms with van der Waals surface area (Å²) >= 11 is 0. The molecule has 0 aliphatic rings. The molecule has 1 N–H and O–H groups in total. The van der Waals surface area contributed by atoms with E-state index in [-0.39, 0.29) is 22.7 Å². The molecule has 0 bridgehead atoms. The smallest absolute Gasteiger partial charge is 0.254 e. The van der Waals surface area contributed by atoms with Gasteiger partial charge in [-0.25, -0.2) is 0 Å². The number of hydrogen-bond acceptors (Lipinski definition) is 1. The van der Waals surface area contributed by atoms with Gasteiger partial charge in [-0.1, -0.05) is 24.8 Å². The molecule has 1 heterocycles. The molecule has 0 aliphatic heterocycles. The fourth-order valence-electron chi connectivity index (χ4n) is 1.74. The Kier molecular flexibility index (Phi) is 4.91. The fourth-order valence-corrected chi connectivity index (χ4v) is 1.74. The van der Waals surface area contributed by atoms with Gasteiger partial charge in [-0.15, -0.1) is 0 Å². The first-order valence-electron chi connectivity index (χ1n) is 5.20. The van der Waals surface area contributed by atoms with Crippen LogP contribution in [0.2, 0.25) is 0 Å². The van der Waals surface area contributed by atoms with E-state index in [9.17, 15) is 5.11 Å². The van der Waals surface area contributed by atoms with Gasteiger partial charge in [0.25, 0.3) is 5.69 Å². The fraction of sp³-hybridized carbons (Fsp3) is 0.0714. The van der Waals surface area contributed by atoms with Gasteiger partial charge in [-0.3, -0.25) is 0 Å². The van der Waals surface area contributed by atoms with Crippen molar-refractivity contribution in [1.82, 2.24) is 0 Å². The van der Waals surface area contributed by atoms with E-state index in [1.54, 1.807) is 6.07 Å². The van der Waals surface area contributed by atoms with Gasteiger partial charge in [-0.05, 0) is 24.3 Å². The summed E-state index contributed by atoms with van der Waals surface area (Å²) in [5, 5.41) is 9.92. The third-order valence-electron chi connectivity index (χ3n) is 2.42. The van der Waals surface area contributed by atoms with Gasteiger partial charge in [0.2, 0.25) is 0 Å². The van der Waals surface area contributed by atoms with Gasteiger partial charge < -0.3 is 22.1 Å². The van der Waals surface area contributed by atoms with Crippen LogP contribution in [0, 0.1) is 0 Å². The average Bonchev–Trinajstić information content (AvgIpc) is 2.31. The number of aromatic nitrogens is 1. The van der Waals surface area contributed by atoms with Crippen LogP contribution < -0.4 is 21.5 Å². The minimum atomic E-state index is 0. The molecule has 3 heteroatoms. The van der Waals surface area contributed by atoms with Gasteiger partial charge in [0.15, 0.2) is 18.5 Å². The van der Waals surface area contributed by atoms with Crippen molar-refractivity contribution in [3.05, 3.63) is 61.3 Å². The molecule has 0 radical (unpaired) electrons. The summed E-state index contributed by atoms with van der Waals surface area (Å²) in [6, 6.07) is 13.4. The van der Waals surface area contributed by atoms with Crippen molar-refractivity contribution in [2.45, 2.75) is 6.54 Å². The molecule has 0 unspecified atom stereocenters. The molecule has 0 aliphatic carbocycles. The minimum Gasteiger partial charge on any atom is -1.00 e. The standard InChI is InChI=1S/C14H13NO.BrH/c1-2-10-15-11-6-9-13(16)14(15)12-7-4-3-5-8-12;/h2-9,11H,1,10H2;1H. The van der Waals surface area contributed by atoms with Gasteiger partial charge in [0.1, 0.15) is 0 Å². The highest BCUT2D eigenvalue weighted by Gasteiger charge is 2.16. The maximum Gasteiger partial charge on any atom is 0.254 e. The van der Waals surface area contributed by atoms with Crippen LogP contribution in [-0.2, 0) is 6.54 Å². The monoisotopic (exact) mass is 291 g/mol. The molecule has 0 amide bonds. The Morgan fingerprint density at radius 3 is 2.47 bits per heavy atom. The molecule has 1 aromatic heterocycles. The van der Waals surface area contributed by atoms with Crippen LogP contribution in [0.15, 0.2) is 61.3 Å². The van der Waals surface area contributed by atoms with Crippen LogP contribution in [-0.4, -0.2) is 5.11 Å². The van der Waals surface area contributed by atoms with Gasteiger partial charge in [-0.2, -0.15) is 4.57 Å². The lowest BCUT2D eigenvalue weighted by Crippen LogP contribution is -3.00. The Labute approximate surface area is 112 Å². The van der Waals surface area contributed by atoms with Crippen molar-refractivity contribution in [2.24, 2.45) is 0 Å². The van der Waals surface area contributed by atoms with Crippen molar-refractivity contribution < 1.29 is 26.7 Å². The predicted molar refractivity (Wildman–Crippen MR) is 63.9 cm³/mol. The van der Waals surface area contributed by atoms with Crippen LogP contribution in [0.1, 0.15) is 0 Å². The number of hydrogen-bond donors (Lipinski definition) is 1. The zero-order valence-electron chi connectivity index (χ0n) is 9.38. The molecule has 2 aromatic rings. The predicted octanol–water partition coefficient (Wildman–Crippen LogP) is -0.463. The summed E-state index contributed by atoms with van der Waals surface area (Å²) in [5.41, 5.74) is 1.82. The van der Waals surface area contributed by atoms with E-state index in [1.165, 1.54) is 0 Å². The van der Waals surface area contributed by atoms with Crippen LogP contribution in [0.3, 0.4) is 0 Å². The Morgan fingerprint density at radius 1 is 1.12 bits per heavy atom. The van der Waals surface area contributed by atoms with Crippen LogP contribution in [0.4, 0.5) is 0 Å². The van der Waals surface area contributed by atoms with Crippen molar-refractivity contribution in [1.29, 1.82) is 0 Å². The molecule has 0 fully saturated rings. The minimum absolute atomic E-state index is 0. The lowest BCUT2D eigenvalue weighted by atomic mass is 10.1. The normalized spacial score (nSPS) is 9.41. The van der Waals surface area contributed by atoms with Crippen molar-refractivity contribution >= 4 is 0 Å². The molecule has 17 heavy (non-hydrogen) atoms. The molecule has 2 rings (SSSR count). The molecule has 1 aromatic carbocycles. The number of nitrogens with zero attached hydrogens (tertiary/aromatic N) is 1. The second-order valence-corrected chi connectivity index (χ2v) is 3.55. The number of aromatic hydroxyl groups is 1. The Balaban J connectivity index is 0.00000144. The van der Waals surface area contributed by atoms with E-state index in [4.69, 9.17) is 0 Å². The number of pyridine rings is 1. The number of rotatable bonds is 3. The highest BCUT2D eigenvalue weighted by Crippen LogP contribution is 2.24. The van der Waals surface area contributed by atoms with E-state index in [2.05, 4.69) is 6.58 Å². The Hall–Kier alpha value is -1.61. The van der Waals surface area contributed by atoms with Gasteiger partial charge in [0, 0.05) is 6.07 Å². The third-order valence-corrected chi connectivity index (χ3v) is 2.42. The van der Waals surface area contributed by atoms with Crippen molar-refractivity contribution in [2.75, 3.05) is 0 Å². The zero-order chi connectivity index (χ0) is 11.4. The van der Waals surface area contributed by atoms with E-state index in [0.717, 1.165) is 11.3 Å². The second-order valence-electron chi connectivity index (χ2n) is 3.55. The van der Waals surface area contributed by atoms with Crippen LogP contribution in [0.25, 0.3) is 11.3 Å². The molecular weight excluding hydrogens is 278 g/mol. The van der Waals surface area contributed by atoms with Crippen LogP contribution in [0.5, 0.6) is 5.75 Å². The number of halogens is 1. The molecule has 88 valence electrons. The van der Waals surface area contributed by atoms with Crippen LogP contribution >= 0.6 is 0 Å². The largest absolute Gasteiger partial charge is 1.00 e. The first-order chi connectivity index (χ1) is 7.83. The summed E-state index contributed by atoms with van der Waals surface area (Å²) < 4.78 is 1.97. The lowest BCUT2D eigenvalue weighted by molar-refractivity contribution is -0.676. The maximum atomic E-state index is 9.92. The summed E-state index contributed by atoms with van der Waals surface area (Å²) in [4.78, 5) is 0. The van der Waals surface area contributed by atoms with Crippen molar-refractivity contribution in [3.63, 3.8) is 0 Å². The second kappa shape index (κ2) is 6.21. The third kappa shape index (κ3) is 2.94. The lowest BCUT2D eigenvalue weighted by Gasteiger charge is -2.03. The van der Waals surface area contributed by atoms with E-state index in [0.29, 0.717) is 6.54 Å². The number of allylic oxidation sites excluding steroid dienone is 1. The first-order valence-corrected chi connectivity index (χ1v) is 5.20. The summed E-state index contributed by atoms with van der Waals surface area (Å²) in [6.07, 6.45) is 3.75. The molecule has 0 saturated heterocycles. The Morgan fingerprint density at radius 2 is 1.82 bits per heavy atom. The molecular formula is C14H14BrNO. The highest BCUT2D eigenvalue weighted by atomic mass is 79.9. The molecule has 2 nitrogen and oxygen atoms in total. The Bertz CT molecular complexity index is 497. The van der Waals surface area contributed by atoms with Gasteiger partial charge >= 0.3 is 0 Å². The summed E-state index contributed by atoms with van der Waals surface area (Å²) in [7, 11) is 0. The van der Waals surface area contributed by atoms with Gasteiger partial charge in [0.05, 0.1) is 5.56 Å². The van der Waals surface area contributed by atoms with E-state index < -0.39 is 0 Å². The van der Waals surface area contributed by atoms with E-state index >= 15 is 0 Å². The van der Waals surface area contributed by atoms with Crippen molar-refractivity contribution in [3.8, 4) is 17.0 Å².